The number of sulfonamides is 1. The third-order valence-corrected chi connectivity index (χ3v) is 9.45. The SMILES string of the molecule is CCOP1(=S)N=C(c2c(O)c(C(C)(C)C)n(CCC(C)(C)C)c2O)Nc2ccc(NS(C)(=O)=O)cc21. The van der Waals surface area contributed by atoms with Crippen molar-refractivity contribution in [3.8, 4) is 11.6 Å². The third kappa shape index (κ3) is 6.07. The van der Waals surface area contributed by atoms with Gasteiger partial charge < -0.3 is 24.6 Å². The molecule has 1 aliphatic rings. The van der Waals surface area contributed by atoms with Crippen molar-refractivity contribution in [1.82, 2.24) is 4.57 Å². The van der Waals surface area contributed by atoms with Gasteiger partial charge >= 0.3 is 0 Å². The molecule has 1 aliphatic heterocycles. The number of hydrogen-bond acceptors (Lipinski definition) is 7. The predicted molar refractivity (Wildman–Crippen MR) is 151 cm³/mol. The minimum atomic E-state index is -3.49. The van der Waals surface area contributed by atoms with Crippen molar-refractivity contribution in [3.63, 3.8) is 0 Å². The van der Waals surface area contributed by atoms with Crippen LogP contribution in [0.1, 0.15) is 66.1 Å². The van der Waals surface area contributed by atoms with Gasteiger partial charge in [-0.3, -0.25) is 4.72 Å². The Morgan fingerprint density at radius 3 is 2.36 bits per heavy atom. The normalized spacial score (nSPS) is 18.4. The Hall–Kier alpha value is -2.07. The van der Waals surface area contributed by atoms with Crippen molar-refractivity contribution in [3.05, 3.63) is 29.5 Å². The summed E-state index contributed by atoms with van der Waals surface area (Å²) in [5.74, 6) is 0.0694. The Morgan fingerprint density at radius 2 is 1.83 bits per heavy atom. The van der Waals surface area contributed by atoms with Gasteiger partial charge in [0, 0.05) is 17.6 Å². The molecule has 200 valence electrons. The molecule has 0 radical (unpaired) electrons. The fourth-order valence-corrected chi connectivity index (χ4v) is 7.48. The molecule has 0 bridgehead atoms. The molecular weight excluding hydrogens is 519 g/mol. The summed E-state index contributed by atoms with van der Waals surface area (Å²) in [6.07, 6.45) is -1.20. The van der Waals surface area contributed by atoms with Crippen LogP contribution < -0.4 is 15.3 Å². The molecule has 1 atom stereocenters. The van der Waals surface area contributed by atoms with Crippen molar-refractivity contribution < 1.29 is 23.2 Å². The maximum Gasteiger partial charge on any atom is 0.229 e. The minimum Gasteiger partial charge on any atom is -0.505 e. The quantitative estimate of drug-likeness (QED) is 0.359. The van der Waals surface area contributed by atoms with E-state index < -0.39 is 21.9 Å². The molecule has 1 aromatic carbocycles. The van der Waals surface area contributed by atoms with Crippen LogP contribution in [0.4, 0.5) is 11.4 Å². The molecule has 3 rings (SSSR count). The summed E-state index contributed by atoms with van der Waals surface area (Å²) in [5, 5.41) is 26.5. The van der Waals surface area contributed by atoms with Gasteiger partial charge in [-0.25, -0.2) is 13.2 Å². The van der Waals surface area contributed by atoms with E-state index in [4.69, 9.17) is 21.1 Å². The van der Waals surface area contributed by atoms with E-state index in [0.29, 0.717) is 28.9 Å². The topological polar surface area (TPSA) is 125 Å². The summed E-state index contributed by atoms with van der Waals surface area (Å²) in [4.78, 5) is 0. The molecule has 9 nitrogen and oxygen atoms in total. The van der Waals surface area contributed by atoms with E-state index in [1.807, 2.05) is 20.8 Å². The van der Waals surface area contributed by atoms with Crippen LogP contribution in [0, 0.1) is 5.41 Å². The van der Waals surface area contributed by atoms with Crippen molar-refractivity contribution in [2.24, 2.45) is 10.2 Å². The lowest BCUT2D eigenvalue weighted by molar-refractivity contribution is 0.319. The Labute approximate surface area is 219 Å². The molecular formula is C24H37N4O5PS2. The van der Waals surface area contributed by atoms with Gasteiger partial charge in [-0.15, -0.1) is 0 Å². The van der Waals surface area contributed by atoms with Gasteiger partial charge in [0.05, 0.1) is 29.5 Å². The number of aromatic nitrogens is 1. The lowest BCUT2D eigenvalue weighted by Gasteiger charge is -2.28. The summed E-state index contributed by atoms with van der Waals surface area (Å²) >= 11 is 5.90. The van der Waals surface area contributed by atoms with E-state index in [9.17, 15) is 18.6 Å². The van der Waals surface area contributed by atoms with Crippen LogP contribution >= 0.6 is 6.42 Å². The molecule has 0 spiro atoms. The van der Waals surface area contributed by atoms with E-state index in [-0.39, 0.29) is 35.1 Å². The first kappa shape index (κ1) is 28.5. The number of rotatable bonds is 7. The zero-order valence-electron chi connectivity index (χ0n) is 22.1. The molecule has 36 heavy (non-hydrogen) atoms. The van der Waals surface area contributed by atoms with Gasteiger partial charge in [0.2, 0.25) is 22.3 Å². The van der Waals surface area contributed by atoms with Crippen molar-refractivity contribution in [2.45, 2.75) is 66.8 Å². The maximum atomic E-state index is 11.7. The fraction of sp³-hybridized carbons (Fsp3) is 0.542. The monoisotopic (exact) mass is 556 g/mol. The number of aromatic hydroxyl groups is 2. The van der Waals surface area contributed by atoms with Crippen LogP contribution in [0.15, 0.2) is 23.0 Å². The average Bonchev–Trinajstić information content (AvgIpc) is 2.95. The van der Waals surface area contributed by atoms with E-state index in [1.165, 1.54) is 0 Å². The number of benzene rings is 1. The van der Waals surface area contributed by atoms with Crippen LogP contribution in [-0.4, -0.2) is 41.9 Å². The second kappa shape index (κ2) is 9.67. The largest absolute Gasteiger partial charge is 0.505 e. The van der Waals surface area contributed by atoms with Crippen LogP contribution in [0.5, 0.6) is 11.6 Å². The van der Waals surface area contributed by atoms with Crippen molar-refractivity contribution in [1.29, 1.82) is 0 Å². The van der Waals surface area contributed by atoms with Crippen LogP contribution in [0.3, 0.4) is 0 Å². The van der Waals surface area contributed by atoms with Gasteiger partial charge in [0.15, 0.2) is 5.75 Å². The zero-order valence-corrected chi connectivity index (χ0v) is 24.7. The predicted octanol–water partition coefficient (Wildman–Crippen LogP) is 4.85. The average molecular weight is 557 g/mol. The molecule has 0 fully saturated rings. The molecule has 0 aliphatic carbocycles. The molecule has 2 aromatic rings. The van der Waals surface area contributed by atoms with Gasteiger partial charge in [-0.05, 0) is 48.8 Å². The highest BCUT2D eigenvalue weighted by Gasteiger charge is 2.37. The van der Waals surface area contributed by atoms with Crippen molar-refractivity contribution >= 4 is 50.8 Å². The van der Waals surface area contributed by atoms with Crippen LogP contribution in [-0.2, 0) is 38.3 Å². The third-order valence-electron chi connectivity index (χ3n) is 5.64. The lowest BCUT2D eigenvalue weighted by Crippen LogP contribution is -2.26. The number of nitrogens with zero attached hydrogens (tertiary/aromatic N) is 2. The Kier molecular flexibility index (Phi) is 7.65. The molecule has 1 aromatic heterocycles. The highest BCUT2D eigenvalue weighted by Crippen LogP contribution is 2.54. The van der Waals surface area contributed by atoms with Gasteiger partial charge in [-0.1, -0.05) is 41.5 Å². The second-order valence-corrected chi connectivity index (χ2v) is 16.4. The molecule has 4 N–H and O–H groups in total. The number of anilines is 2. The summed E-state index contributed by atoms with van der Waals surface area (Å²) in [6.45, 7) is 14.9. The molecule has 0 saturated heterocycles. The lowest BCUT2D eigenvalue weighted by atomic mass is 9.89. The number of fused-ring (bicyclic) bond motifs is 1. The smallest absolute Gasteiger partial charge is 0.229 e. The Morgan fingerprint density at radius 1 is 1.19 bits per heavy atom. The summed E-state index contributed by atoms with van der Waals surface area (Å²) in [7, 11) is -3.49. The number of nitrogens with one attached hydrogen (secondary N) is 2. The first-order chi connectivity index (χ1) is 16.4. The minimum absolute atomic E-state index is 0.0230. The highest BCUT2D eigenvalue weighted by molar-refractivity contribution is 8.15. The molecule has 2 heterocycles. The van der Waals surface area contributed by atoms with Gasteiger partial charge in [0.25, 0.3) is 0 Å². The number of hydrogen-bond donors (Lipinski definition) is 4. The summed E-state index contributed by atoms with van der Waals surface area (Å²) < 4.78 is 38.4. The van der Waals surface area contributed by atoms with Crippen LogP contribution in [0.25, 0.3) is 0 Å². The zero-order chi connectivity index (χ0) is 27.3. The summed E-state index contributed by atoms with van der Waals surface area (Å²) in [6, 6.07) is 4.91. The highest BCUT2D eigenvalue weighted by atomic mass is 32.4. The van der Waals surface area contributed by atoms with Gasteiger partial charge in [0.1, 0.15) is 11.4 Å². The van der Waals surface area contributed by atoms with Gasteiger partial charge in [-0.2, -0.15) is 0 Å². The Bertz CT molecular complexity index is 1350. The number of amidine groups is 1. The maximum absolute atomic E-state index is 11.7. The molecule has 0 saturated carbocycles. The van der Waals surface area contributed by atoms with E-state index in [1.54, 1.807) is 29.7 Å². The molecule has 0 amide bonds. The first-order valence-corrected chi connectivity index (χ1v) is 16.3. The standard InChI is InChI=1S/C24H37N4O5PS2/c1-9-33-34(35)17-14-15(27-36(8,31)32)10-11-16(17)25-21(26-34)18-19(29)20(24(5,6)7)28(22(18)30)13-12-23(2,3)4/h10-11,14,27,29-30H,9,12-13H2,1-8H3,(H,25,26,35). The van der Waals surface area contributed by atoms with E-state index in [2.05, 4.69) is 30.8 Å². The molecule has 1 unspecified atom stereocenters. The van der Waals surface area contributed by atoms with E-state index >= 15 is 0 Å². The second-order valence-electron chi connectivity index (χ2n) is 11.2. The van der Waals surface area contributed by atoms with E-state index in [0.717, 1.165) is 12.7 Å². The fourth-order valence-electron chi connectivity index (χ4n) is 4.11. The van der Waals surface area contributed by atoms with Crippen molar-refractivity contribution in [2.75, 3.05) is 22.9 Å². The van der Waals surface area contributed by atoms with Crippen LogP contribution in [0.2, 0.25) is 0 Å². The molecule has 12 heteroatoms. The first-order valence-electron chi connectivity index (χ1n) is 11.8. The summed E-state index contributed by atoms with van der Waals surface area (Å²) in [5.41, 5.74) is 1.26. The Balaban J connectivity index is 2.19.